The van der Waals surface area contributed by atoms with Crippen LogP contribution in [-0.4, -0.2) is 53.7 Å². The van der Waals surface area contributed by atoms with E-state index in [1.54, 1.807) is 59.5 Å². The lowest BCUT2D eigenvalue weighted by atomic mass is 10.0. The molecule has 0 radical (unpaired) electrons. The fraction of sp³-hybridized carbons (Fsp3) is 0.240. The van der Waals surface area contributed by atoms with E-state index in [0.29, 0.717) is 42.5 Å². The molecule has 0 bridgehead atoms. The first kappa shape index (κ1) is 23.5. The van der Waals surface area contributed by atoms with Crippen molar-refractivity contribution in [2.75, 3.05) is 31.5 Å². The number of hydrogen-bond donors (Lipinski definition) is 2. The van der Waals surface area contributed by atoms with E-state index in [2.05, 4.69) is 5.32 Å². The minimum atomic E-state index is -0.586. The Morgan fingerprint density at radius 1 is 1.03 bits per heavy atom. The van der Waals surface area contributed by atoms with E-state index in [0.717, 1.165) is 11.1 Å². The van der Waals surface area contributed by atoms with E-state index in [-0.39, 0.29) is 17.6 Å². The Morgan fingerprint density at radius 2 is 1.74 bits per heavy atom. The van der Waals surface area contributed by atoms with Crippen molar-refractivity contribution in [3.05, 3.63) is 88.3 Å². The van der Waals surface area contributed by atoms with E-state index in [9.17, 15) is 14.4 Å². The summed E-state index contributed by atoms with van der Waals surface area (Å²) in [5, 5.41) is 3.38. The zero-order valence-electron chi connectivity index (χ0n) is 18.7. The minimum absolute atomic E-state index is 0.143. The number of primary amides is 1. The van der Waals surface area contributed by atoms with Crippen LogP contribution in [-0.2, 0) is 4.79 Å². The Bertz CT molecular complexity index is 1190. The standard InChI is InChI=1S/C25H25ClN4O4/c1-16-4-5-18(15-20(16)28-24(32)21-3-2-14-34-21)25(33)30-12-10-29(11-13-30)22(23(27)31)17-6-8-19(26)9-7-17/h2-9,14-15,22H,10-13H2,1H3,(H2,27,31)(H,28,32)/t22-/m1/s1. The molecule has 176 valence electrons. The second-order valence-electron chi connectivity index (χ2n) is 8.15. The maximum Gasteiger partial charge on any atom is 0.291 e. The molecular weight excluding hydrogens is 456 g/mol. The largest absolute Gasteiger partial charge is 0.459 e. The number of piperazine rings is 1. The third-order valence-corrected chi connectivity index (χ3v) is 6.15. The Kier molecular flexibility index (Phi) is 7.00. The molecule has 1 aromatic heterocycles. The average Bonchev–Trinajstić information content (AvgIpc) is 3.37. The van der Waals surface area contributed by atoms with Gasteiger partial charge in [0.05, 0.1) is 6.26 Å². The van der Waals surface area contributed by atoms with Gasteiger partial charge in [-0.15, -0.1) is 0 Å². The number of benzene rings is 2. The molecule has 1 saturated heterocycles. The van der Waals surface area contributed by atoms with Gasteiger partial charge < -0.3 is 20.4 Å². The second kappa shape index (κ2) is 10.1. The molecule has 3 N–H and O–H groups in total. The van der Waals surface area contributed by atoms with Crippen LogP contribution in [0.5, 0.6) is 0 Å². The molecule has 1 atom stereocenters. The van der Waals surface area contributed by atoms with Crippen LogP contribution < -0.4 is 11.1 Å². The van der Waals surface area contributed by atoms with Crippen molar-refractivity contribution in [3.8, 4) is 0 Å². The zero-order chi connectivity index (χ0) is 24.2. The van der Waals surface area contributed by atoms with Crippen LogP contribution in [0.15, 0.2) is 65.3 Å². The Labute approximate surface area is 202 Å². The molecule has 0 aliphatic carbocycles. The number of amides is 3. The highest BCUT2D eigenvalue weighted by Crippen LogP contribution is 2.25. The van der Waals surface area contributed by atoms with Crippen molar-refractivity contribution in [3.63, 3.8) is 0 Å². The number of furan rings is 1. The lowest BCUT2D eigenvalue weighted by Gasteiger charge is -2.38. The topological polar surface area (TPSA) is 109 Å². The van der Waals surface area contributed by atoms with Gasteiger partial charge in [0.25, 0.3) is 11.8 Å². The Balaban J connectivity index is 1.43. The van der Waals surface area contributed by atoms with E-state index in [1.807, 2.05) is 11.8 Å². The molecule has 0 unspecified atom stereocenters. The van der Waals surface area contributed by atoms with E-state index < -0.39 is 11.9 Å². The van der Waals surface area contributed by atoms with Crippen molar-refractivity contribution < 1.29 is 18.8 Å². The summed E-state index contributed by atoms with van der Waals surface area (Å²) in [7, 11) is 0. The molecule has 1 fully saturated rings. The van der Waals surface area contributed by atoms with E-state index in [1.165, 1.54) is 6.26 Å². The third kappa shape index (κ3) is 5.13. The summed E-state index contributed by atoms with van der Waals surface area (Å²) in [5.74, 6) is -0.782. The van der Waals surface area contributed by atoms with Gasteiger partial charge in [-0.05, 0) is 54.4 Å². The molecule has 34 heavy (non-hydrogen) atoms. The van der Waals surface area contributed by atoms with Crippen LogP contribution >= 0.6 is 11.6 Å². The highest BCUT2D eigenvalue weighted by molar-refractivity contribution is 6.30. The normalized spacial score (nSPS) is 15.1. The molecular formula is C25H25ClN4O4. The van der Waals surface area contributed by atoms with Crippen molar-refractivity contribution in [2.24, 2.45) is 5.73 Å². The fourth-order valence-corrected chi connectivity index (χ4v) is 4.17. The second-order valence-corrected chi connectivity index (χ2v) is 8.58. The Morgan fingerprint density at radius 3 is 2.35 bits per heavy atom. The zero-order valence-corrected chi connectivity index (χ0v) is 19.4. The summed E-state index contributed by atoms with van der Waals surface area (Å²) >= 11 is 5.97. The van der Waals surface area contributed by atoms with Crippen LogP contribution in [0, 0.1) is 6.92 Å². The molecule has 3 aromatic rings. The number of nitrogens with two attached hydrogens (primary N) is 1. The van der Waals surface area contributed by atoms with Gasteiger partial charge in [0.2, 0.25) is 5.91 Å². The van der Waals surface area contributed by atoms with Crippen LogP contribution in [0.2, 0.25) is 5.02 Å². The lowest BCUT2D eigenvalue weighted by Crippen LogP contribution is -2.51. The number of carbonyl (C=O) groups excluding carboxylic acids is 3. The number of halogens is 1. The fourth-order valence-electron chi connectivity index (χ4n) is 4.05. The van der Waals surface area contributed by atoms with Gasteiger partial charge in [0.15, 0.2) is 5.76 Å². The quantitative estimate of drug-likeness (QED) is 0.561. The monoisotopic (exact) mass is 480 g/mol. The van der Waals surface area contributed by atoms with Gasteiger partial charge in [-0.2, -0.15) is 0 Å². The number of nitrogens with one attached hydrogen (secondary N) is 1. The van der Waals surface area contributed by atoms with Crippen molar-refractivity contribution >= 4 is 35.0 Å². The van der Waals surface area contributed by atoms with Crippen LogP contribution in [0.25, 0.3) is 0 Å². The smallest absolute Gasteiger partial charge is 0.291 e. The molecule has 1 aliphatic heterocycles. The number of hydrogen-bond acceptors (Lipinski definition) is 5. The Hall–Kier alpha value is -3.62. The van der Waals surface area contributed by atoms with Crippen molar-refractivity contribution in [2.45, 2.75) is 13.0 Å². The highest BCUT2D eigenvalue weighted by atomic mass is 35.5. The molecule has 3 amide bonds. The third-order valence-electron chi connectivity index (χ3n) is 5.90. The summed E-state index contributed by atoms with van der Waals surface area (Å²) in [6.45, 7) is 3.73. The van der Waals surface area contributed by atoms with Gasteiger partial charge >= 0.3 is 0 Å². The van der Waals surface area contributed by atoms with Gasteiger partial charge in [-0.3, -0.25) is 19.3 Å². The first-order chi connectivity index (χ1) is 16.3. The van der Waals surface area contributed by atoms with E-state index >= 15 is 0 Å². The molecule has 2 aromatic carbocycles. The minimum Gasteiger partial charge on any atom is -0.459 e. The summed E-state index contributed by atoms with van der Waals surface area (Å²) < 4.78 is 5.13. The van der Waals surface area contributed by atoms with Crippen LogP contribution in [0.3, 0.4) is 0 Å². The van der Waals surface area contributed by atoms with E-state index in [4.69, 9.17) is 21.8 Å². The summed E-state index contributed by atoms with van der Waals surface area (Å²) in [6, 6.07) is 14.9. The maximum absolute atomic E-state index is 13.2. The van der Waals surface area contributed by atoms with Crippen molar-refractivity contribution in [1.82, 2.24) is 9.80 Å². The molecule has 2 heterocycles. The molecule has 0 spiro atoms. The number of aryl methyl sites for hydroxylation is 1. The van der Waals surface area contributed by atoms with Gasteiger partial charge in [-0.25, -0.2) is 0 Å². The number of carbonyl (C=O) groups is 3. The molecule has 9 heteroatoms. The number of rotatable bonds is 6. The first-order valence-electron chi connectivity index (χ1n) is 10.9. The number of anilines is 1. The summed E-state index contributed by atoms with van der Waals surface area (Å²) in [6.07, 6.45) is 1.43. The highest BCUT2D eigenvalue weighted by Gasteiger charge is 2.30. The molecule has 0 saturated carbocycles. The predicted molar refractivity (Wildman–Crippen MR) is 129 cm³/mol. The maximum atomic E-state index is 13.2. The average molecular weight is 481 g/mol. The van der Waals surface area contributed by atoms with Crippen LogP contribution in [0.4, 0.5) is 5.69 Å². The summed E-state index contributed by atoms with van der Waals surface area (Å²) in [4.78, 5) is 41.4. The molecule has 1 aliphatic rings. The van der Waals surface area contributed by atoms with Crippen molar-refractivity contribution in [1.29, 1.82) is 0 Å². The van der Waals surface area contributed by atoms with Gasteiger partial charge in [0, 0.05) is 42.5 Å². The molecule has 8 nitrogen and oxygen atoms in total. The first-order valence-corrected chi connectivity index (χ1v) is 11.2. The summed E-state index contributed by atoms with van der Waals surface area (Å²) in [5.41, 5.74) is 8.31. The molecule has 4 rings (SSSR count). The number of nitrogens with zero attached hydrogens (tertiary/aromatic N) is 2. The van der Waals surface area contributed by atoms with Gasteiger partial charge in [0.1, 0.15) is 6.04 Å². The SMILES string of the molecule is Cc1ccc(C(=O)N2CCN([C@@H](C(N)=O)c3ccc(Cl)cc3)CC2)cc1NC(=O)c1ccco1. The lowest BCUT2D eigenvalue weighted by molar-refractivity contribution is -0.124. The predicted octanol–water partition coefficient (Wildman–Crippen LogP) is 3.48. The van der Waals surface area contributed by atoms with Gasteiger partial charge in [-0.1, -0.05) is 29.8 Å². The van der Waals surface area contributed by atoms with Crippen LogP contribution in [0.1, 0.15) is 38.1 Å².